The standard InChI is InChI=1S/C15H14N2O2S/c1-11-14(5-2-6-16-11)15(19)17-9-13-8-12(10-20-13)4-3-7-18/h2,5-6,8,10,18H,7,9H2,1H3,(H,17,19). The maximum Gasteiger partial charge on any atom is 0.253 e. The zero-order valence-electron chi connectivity index (χ0n) is 11.0. The van der Waals surface area contributed by atoms with Crippen molar-refractivity contribution < 1.29 is 9.90 Å². The van der Waals surface area contributed by atoms with Gasteiger partial charge in [-0.1, -0.05) is 11.8 Å². The lowest BCUT2D eigenvalue weighted by Gasteiger charge is -2.05. The Bertz CT molecular complexity index is 668. The summed E-state index contributed by atoms with van der Waals surface area (Å²) in [5.74, 6) is 5.29. The molecule has 4 nitrogen and oxygen atoms in total. The van der Waals surface area contributed by atoms with Gasteiger partial charge >= 0.3 is 0 Å². The molecule has 1 amide bonds. The Balaban J connectivity index is 1.97. The lowest BCUT2D eigenvalue weighted by Crippen LogP contribution is -2.23. The van der Waals surface area contributed by atoms with Crippen LogP contribution < -0.4 is 5.32 Å². The van der Waals surface area contributed by atoms with Gasteiger partial charge in [-0.3, -0.25) is 9.78 Å². The Hall–Kier alpha value is -2.16. The van der Waals surface area contributed by atoms with Crippen molar-refractivity contribution in [2.75, 3.05) is 6.61 Å². The van der Waals surface area contributed by atoms with Crippen molar-refractivity contribution in [1.82, 2.24) is 10.3 Å². The highest BCUT2D eigenvalue weighted by Crippen LogP contribution is 2.14. The number of aromatic nitrogens is 1. The van der Waals surface area contributed by atoms with Gasteiger partial charge < -0.3 is 10.4 Å². The molecule has 0 spiro atoms. The normalized spacial score (nSPS) is 9.70. The summed E-state index contributed by atoms with van der Waals surface area (Å²) in [6.45, 7) is 2.11. The van der Waals surface area contributed by atoms with Gasteiger partial charge in [-0.05, 0) is 25.1 Å². The second kappa shape index (κ2) is 6.85. The fourth-order valence-corrected chi connectivity index (χ4v) is 2.42. The second-order valence-corrected chi connectivity index (χ2v) is 5.08. The number of amides is 1. The first-order chi connectivity index (χ1) is 9.70. The molecule has 2 aromatic rings. The van der Waals surface area contributed by atoms with Crippen LogP contribution in [0, 0.1) is 18.8 Å². The number of carbonyl (C=O) groups excluding carboxylic acids is 1. The molecular formula is C15H14N2O2S. The molecule has 0 radical (unpaired) electrons. The number of pyridine rings is 1. The van der Waals surface area contributed by atoms with Crippen LogP contribution in [0.4, 0.5) is 0 Å². The second-order valence-electron chi connectivity index (χ2n) is 4.08. The van der Waals surface area contributed by atoms with Crippen LogP contribution in [-0.2, 0) is 6.54 Å². The Labute approximate surface area is 121 Å². The van der Waals surface area contributed by atoms with E-state index in [-0.39, 0.29) is 12.5 Å². The van der Waals surface area contributed by atoms with Crippen LogP contribution in [0.25, 0.3) is 0 Å². The monoisotopic (exact) mass is 286 g/mol. The van der Waals surface area contributed by atoms with Crippen LogP contribution in [0.3, 0.4) is 0 Å². The van der Waals surface area contributed by atoms with E-state index in [1.807, 2.05) is 18.4 Å². The number of thiophene rings is 1. The zero-order chi connectivity index (χ0) is 14.4. The van der Waals surface area contributed by atoms with Crippen molar-refractivity contribution in [3.63, 3.8) is 0 Å². The minimum Gasteiger partial charge on any atom is -0.384 e. The molecule has 2 N–H and O–H groups in total. The van der Waals surface area contributed by atoms with E-state index in [1.165, 1.54) is 11.3 Å². The average Bonchev–Trinajstić information content (AvgIpc) is 2.91. The van der Waals surface area contributed by atoms with Crippen molar-refractivity contribution >= 4 is 17.2 Å². The van der Waals surface area contributed by atoms with Crippen LogP contribution in [0.5, 0.6) is 0 Å². The molecule has 5 heteroatoms. The SMILES string of the molecule is Cc1ncccc1C(=O)NCc1cc(C#CCO)cs1. The minimum atomic E-state index is -0.151. The molecule has 0 bridgehead atoms. The smallest absolute Gasteiger partial charge is 0.253 e. The highest BCUT2D eigenvalue weighted by Gasteiger charge is 2.09. The summed E-state index contributed by atoms with van der Waals surface area (Å²) >= 11 is 1.53. The van der Waals surface area contributed by atoms with Gasteiger partial charge in [0.15, 0.2) is 0 Å². The number of aliphatic hydroxyl groups excluding tert-OH is 1. The molecule has 0 saturated carbocycles. The molecule has 20 heavy (non-hydrogen) atoms. The first-order valence-electron chi connectivity index (χ1n) is 6.07. The summed E-state index contributed by atoms with van der Waals surface area (Å²) in [5.41, 5.74) is 2.15. The average molecular weight is 286 g/mol. The summed E-state index contributed by atoms with van der Waals surface area (Å²) in [4.78, 5) is 17.1. The molecular weight excluding hydrogens is 272 g/mol. The fourth-order valence-electron chi connectivity index (χ4n) is 1.67. The van der Waals surface area contributed by atoms with E-state index in [9.17, 15) is 4.79 Å². The number of hydrogen-bond donors (Lipinski definition) is 2. The molecule has 0 aliphatic heterocycles. The van der Waals surface area contributed by atoms with Crippen molar-refractivity contribution in [1.29, 1.82) is 0 Å². The Kier molecular flexibility index (Phi) is 4.88. The van der Waals surface area contributed by atoms with Gasteiger partial charge in [0.2, 0.25) is 0 Å². The summed E-state index contributed by atoms with van der Waals surface area (Å²) in [7, 11) is 0. The Morgan fingerprint density at radius 3 is 3.15 bits per heavy atom. The largest absolute Gasteiger partial charge is 0.384 e. The molecule has 0 aliphatic rings. The van der Waals surface area contributed by atoms with Gasteiger partial charge in [0.05, 0.1) is 12.1 Å². The van der Waals surface area contributed by atoms with Gasteiger partial charge in [0.1, 0.15) is 6.61 Å². The zero-order valence-corrected chi connectivity index (χ0v) is 11.8. The molecule has 0 aromatic carbocycles. The van der Waals surface area contributed by atoms with E-state index >= 15 is 0 Å². The van der Waals surface area contributed by atoms with Crippen LogP contribution >= 0.6 is 11.3 Å². The number of aliphatic hydroxyl groups is 1. The van der Waals surface area contributed by atoms with E-state index in [1.54, 1.807) is 18.3 Å². The number of aryl methyl sites for hydroxylation is 1. The van der Waals surface area contributed by atoms with Gasteiger partial charge in [0.25, 0.3) is 5.91 Å². The summed E-state index contributed by atoms with van der Waals surface area (Å²) < 4.78 is 0. The highest BCUT2D eigenvalue weighted by atomic mass is 32.1. The van der Waals surface area contributed by atoms with Crippen LogP contribution in [0.2, 0.25) is 0 Å². The summed E-state index contributed by atoms with van der Waals surface area (Å²) in [6.07, 6.45) is 1.66. The van der Waals surface area contributed by atoms with Crippen molar-refractivity contribution in [2.45, 2.75) is 13.5 Å². The first-order valence-corrected chi connectivity index (χ1v) is 6.95. The first kappa shape index (κ1) is 14.3. The van der Waals surface area contributed by atoms with E-state index < -0.39 is 0 Å². The molecule has 0 atom stereocenters. The van der Waals surface area contributed by atoms with Gasteiger partial charge in [-0.15, -0.1) is 11.3 Å². The lowest BCUT2D eigenvalue weighted by atomic mass is 10.2. The third-order valence-electron chi connectivity index (χ3n) is 2.64. The maximum absolute atomic E-state index is 12.0. The van der Waals surface area contributed by atoms with Crippen molar-refractivity contribution in [3.05, 3.63) is 51.5 Å². The maximum atomic E-state index is 12.0. The number of nitrogens with one attached hydrogen (secondary N) is 1. The lowest BCUT2D eigenvalue weighted by molar-refractivity contribution is 0.0950. The van der Waals surface area contributed by atoms with Gasteiger partial charge in [0, 0.05) is 27.7 Å². The molecule has 0 unspecified atom stereocenters. The van der Waals surface area contributed by atoms with E-state index in [4.69, 9.17) is 5.11 Å². The van der Waals surface area contributed by atoms with E-state index in [2.05, 4.69) is 22.1 Å². The predicted molar refractivity (Wildman–Crippen MR) is 78.4 cm³/mol. The fraction of sp³-hybridized carbons (Fsp3) is 0.200. The molecule has 0 aliphatic carbocycles. The van der Waals surface area contributed by atoms with Crippen LogP contribution in [0.1, 0.15) is 26.5 Å². The summed E-state index contributed by atoms with van der Waals surface area (Å²) in [6, 6.07) is 5.41. The van der Waals surface area contributed by atoms with E-state index in [0.29, 0.717) is 17.8 Å². The third kappa shape index (κ3) is 3.67. The van der Waals surface area contributed by atoms with Crippen molar-refractivity contribution in [3.8, 4) is 11.8 Å². The molecule has 2 rings (SSSR count). The molecule has 0 fully saturated rings. The van der Waals surface area contributed by atoms with Gasteiger partial charge in [-0.25, -0.2) is 0 Å². The molecule has 102 valence electrons. The predicted octanol–water partition coefficient (Wildman–Crippen LogP) is 1.73. The van der Waals surface area contributed by atoms with Crippen LogP contribution in [-0.4, -0.2) is 22.6 Å². The highest BCUT2D eigenvalue weighted by molar-refractivity contribution is 7.10. The van der Waals surface area contributed by atoms with Gasteiger partial charge in [-0.2, -0.15) is 0 Å². The van der Waals surface area contributed by atoms with Crippen molar-refractivity contribution in [2.24, 2.45) is 0 Å². The Morgan fingerprint density at radius 2 is 2.40 bits per heavy atom. The number of rotatable bonds is 3. The van der Waals surface area contributed by atoms with Crippen LogP contribution in [0.15, 0.2) is 29.8 Å². The molecule has 2 heterocycles. The quantitative estimate of drug-likeness (QED) is 0.845. The number of carbonyl (C=O) groups is 1. The summed E-state index contributed by atoms with van der Waals surface area (Å²) in [5, 5.41) is 13.4. The Morgan fingerprint density at radius 1 is 1.55 bits per heavy atom. The third-order valence-corrected chi connectivity index (χ3v) is 3.58. The number of nitrogens with zero attached hydrogens (tertiary/aromatic N) is 1. The molecule has 0 saturated heterocycles. The topological polar surface area (TPSA) is 62.2 Å². The minimum absolute atomic E-state index is 0.132. The number of hydrogen-bond acceptors (Lipinski definition) is 4. The molecule has 2 aromatic heterocycles. The van der Waals surface area contributed by atoms with E-state index in [0.717, 1.165) is 10.4 Å².